The number of amides is 1. The molecular formula is C21H21ClN2O5S. The summed E-state index contributed by atoms with van der Waals surface area (Å²) in [5, 5.41) is 1.20. The summed E-state index contributed by atoms with van der Waals surface area (Å²) in [4.78, 5) is 13.5. The highest BCUT2D eigenvalue weighted by Crippen LogP contribution is 2.21. The van der Waals surface area contributed by atoms with E-state index in [4.69, 9.17) is 18.6 Å². The molecule has 158 valence electrons. The van der Waals surface area contributed by atoms with Crippen LogP contribution >= 0.6 is 11.3 Å². The van der Waals surface area contributed by atoms with Crippen molar-refractivity contribution in [2.24, 2.45) is 0 Å². The molecule has 3 rings (SSSR count). The molecule has 0 spiro atoms. The second-order valence-corrected chi connectivity index (χ2v) is 7.77. The summed E-state index contributed by atoms with van der Waals surface area (Å²) >= 11 is 1.77. The molecule has 0 saturated heterocycles. The molecular weight excluding hydrogens is 428 g/mol. The number of anilines is 1. The van der Waals surface area contributed by atoms with Crippen molar-refractivity contribution >= 4 is 39.2 Å². The van der Waals surface area contributed by atoms with E-state index in [2.05, 4.69) is 41.8 Å². The van der Waals surface area contributed by atoms with Crippen LogP contribution in [0.3, 0.4) is 0 Å². The maximum absolute atomic E-state index is 11.9. The summed E-state index contributed by atoms with van der Waals surface area (Å²) in [6, 6.07) is 18.1. The molecule has 0 N–H and O–H groups in total. The second-order valence-electron chi connectivity index (χ2n) is 5.96. The van der Waals surface area contributed by atoms with Crippen molar-refractivity contribution in [2.45, 2.75) is 20.4 Å². The number of thiazole rings is 1. The monoisotopic (exact) mass is 448 g/mol. The van der Waals surface area contributed by atoms with Crippen LogP contribution in [0.1, 0.15) is 18.9 Å². The minimum atomic E-state index is -4.94. The Bertz CT molecular complexity index is 1020. The van der Waals surface area contributed by atoms with Crippen molar-refractivity contribution in [3.05, 3.63) is 78.0 Å². The van der Waals surface area contributed by atoms with Gasteiger partial charge in [-0.2, -0.15) is 4.57 Å². The van der Waals surface area contributed by atoms with Crippen LogP contribution in [0.25, 0.3) is 16.3 Å². The van der Waals surface area contributed by atoms with E-state index in [-0.39, 0.29) is 5.91 Å². The van der Waals surface area contributed by atoms with Crippen LogP contribution in [-0.4, -0.2) is 5.91 Å². The molecule has 0 atom stereocenters. The zero-order chi connectivity index (χ0) is 22.1. The summed E-state index contributed by atoms with van der Waals surface area (Å²) < 4.78 is 37.5. The average molecular weight is 449 g/mol. The van der Waals surface area contributed by atoms with Gasteiger partial charge in [0.25, 0.3) is 5.01 Å². The minimum Gasteiger partial charge on any atom is -0.288 e. The summed E-state index contributed by atoms with van der Waals surface area (Å²) in [6.45, 7) is 4.65. The quantitative estimate of drug-likeness (QED) is 0.403. The van der Waals surface area contributed by atoms with Gasteiger partial charge in [-0.05, 0) is 31.2 Å². The van der Waals surface area contributed by atoms with E-state index in [1.165, 1.54) is 15.2 Å². The first-order chi connectivity index (χ1) is 14.2. The van der Waals surface area contributed by atoms with Gasteiger partial charge in [-0.15, -0.1) is 10.2 Å². The number of aryl methyl sites for hydroxylation is 1. The molecule has 3 aromatic rings. The SMILES string of the molecule is CC[n+]1c(C=CC=CN(C(C)=O)c2ccccc2)sc2ccccc21.[O-][Cl+3]([O-])([O-])[O-]. The maximum atomic E-state index is 11.9. The summed E-state index contributed by atoms with van der Waals surface area (Å²) in [6.07, 6.45) is 7.78. The number of benzene rings is 2. The Morgan fingerprint density at radius 3 is 2.23 bits per heavy atom. The summed E-state index contributed by atoms with van der Waals surface area (Å²) in [5.74, 6) is -0.0127. The number of aromatic nitrogens is 1. The Kier molecular flexibility index (Phi) is 8.67. The van der Waals surface area contributed by atoms with Gasteiger partial charge in [-0.25, -0.2) is 18.6 Å². The third-order valence-electron chi connectivity index (χ3n) is 3.91. The van der Waals surface area contributed by atoms with E-state index < -0.39 is 10.2 Å². The van der Waals surface area contributed by atoms with Crippen LogP contribution in [0, 0.1) is 10.2 Å². The maximum Gasteiger partial charge on any atom is 0.262 e. The largest absolute Gasteiger partial charge is 0.288 e. The molecule has 1 heterocycles. The van der Waals surface area contributed by atoms with Gasteiger partial charge in [-0.1, -0.05) is 47.7 Å². The molecule has 30 heavy (non-hydrogen) atoms. The first-order valence-corrected chi connectivity index (χ1v) is 11.0. The fraction of sp³-hybridized carbons (Fsp3) is 0.143. The van der Waals surface area contributed by atoms with Gasteiger partial charge < -0.3 is 0 Å². The first kappa shape index (κ1) is 23.7. The van der Waals surface area contributed by atoms with Gasteiger partial charge in [0.15, 0.2) is 0 Å². The number of rotatable bonds is 5. The second kappa shape index (κ2) is 11.0. The van der Waals surface area contributed by atoms with Crippen molar-refractivity contribution in [2.75, 3.05) is 4.90 Å². The molecule has 0 bridgehead atoms. The van der Waals surface area contributed by atoms with Crippen LogP contribution in [0.5, 0.6) is 0 Å². The van der Waals surface area contributed by atoms with Crippen LogP contribution in [-0.2, 0) is 11.3 Å². The van der Waals surface area contributed by atoms with Crippen LogP contribution in [0.4, 0.5) is 5.69 Å². The first-order valence-electron chi connectivity index (χ1n) is 8.93. The fourth-order valence-corrected chi connectivity index (χ4v) is 3.88. The van der Waals surface area contributed by atoms with Crippen molar-refractivity contribution in [1.29, 1.82) is 0 Å². The number of nitrogens with zero attached hydrogens (tertiary/aromatic N) is 2. The molecule has 0 aliphatic carbocycles. The normalized spacial score (nSPS) is 11.7. The van der Waals surface area contributed by atoms with Gasteiger partial charge in [0.1, 0.15) is 11.2 Å². The minimum absolute atomic E-state index is 0.0127. The lowest BCUT2D eigenvalue weighted by molar-refractivity contribution is -2.00. The van der Waals surface area contributed by atoms with Crippen molar-refractivity contribution in [1.82, 2.24) is 0 Å². The van der Waals surface area contributed by atoms with Crippen LogP contribution < -0.4 is 28.1 Å². The molecule has 0 fully saturated rings. The predicted octanol–water partition coefficient (Wildman–Crippen LogP) is 0.0327. The predicted molar refractivity (Wildman–Crippen MR) is 105 cm³/mol. The van der Waals surface area contributed by atoms with E-state index >= 15 is 0 Å². The van der Waals surface area contributed by atoms with Crippen molar-refractivity contribution in [3.63, 3.8) is 0 Å². The van der Waals surface area contributed by atoms with E-state index in [0.717, 1.165) is 12.2 Å². The van der Waals surface area contributed by atoms with Gasteiger partial charge in [0, 0.05) is 31.0 Å². The number of fused-ring (bicyclic) bond motifs is 1. The molecule has 0 radical (unpaired) electrons. The highest BCUT2D eigenvalue weighted by atomic mass is 35.7. The van der Waals surface area contributed by atoms with Gasteiger partial charge in [0.2, 0.25) is 11.4 Å². The smallest absolute Gasteiger partial charge is 0.262 e. The fourth-order valence-electron chi connectivity index (χ4n) is 2.74. The topological polar surface area (TPSA) is 116 Å². The van der Waals surface area contributed by atoms with E-state index in [0.29, 0.717) is 0 Å². The van der Waals surface area contributed by atoms with Crippen molar-refractivity contribution in [3.8, 4) is 0 Å². The molecule has 0 aliphatic heterocycles. The number of halogens is 1. The molecule has 7 nitrogen and oxygen atoms in total. The van der Waals surface area contributed by atoms with E-state index in [1.54, 1.807) is 29.4 Å². The third kappa shape index (κ3) is 7.34. The lowest BCUT2D eigenvalue weighted by Crippen LogP contribution is -2.68. The molecule has 0 unspecified atom stereocenters. The number of allylic oxidation sites excluding steroid dienone is 2. The van der Waals surface area contributed by atoms with Crippen LogP contribution in [0.15, 0.2) is 72.9 Å². The number of para-hydroxylation sites is 2. The Morgan fingerprint density at radius 2 is 1.63 bits per heavy atom. The Morgan fingerprint density at radius 1 is 1.03 bits per heavy atom. The lowest BCUT2D eigenvalue weighted by atomic mass is 10.3. The highest BCUT2D eigenvalue weighted by molar-refractivity contribution is 7.18. The van der Waals surface area contributed by atoms with Crippen molar-refractivity contribution < 1.29 is 38.2 Å². The zero-order valence-electron chi connectivity index (χ0n) is 16.4. The molecule has 9 heteroatoms. The molecule has 1 amide bonds. The molecule has 2 aromatic carbocycles. The number of carbonyl (C=O) groups is 1. The summed E-state index contributed by atoms with van der Waals surface area (Å²) in [5.41, 5.74) is 2.12. The molecule has 0 saturated carbocycles. The zero-order valence-corrected chi connectivity index (χ0v) is 18.0. The molecule has 1 aromatic heterocycles. The Labute approximate surface area is 180 Å². The number of carbonyl (C=O) groups excluding carboxylic acids is 1. The standard InChI is InChI=1S/C21H21N2OS.ClHO4/c1-3-22-19-13-7-8-14-20(19)25-21(22)15-9-10-16-23(17(2)24)18-11-5-4-6-12-18;2-1(3,4)5/h4-16H,3H2,1-2H3;(H,2,3,4,5)/q+1;/p-1. The lowest BCUT2D eigenvalue weighted by Gasteiger charge is -2.17. The molecule has 0 aliphatic rings. The van der Waals surface area contributed by atoms with E-state index in [1.807, 2.05) is 42.5 Å². The number of hydrogen-bond acceptors (Lipinski definition) is 6. The summed E-state index contributed by atoms with van der Waals surface area (Å²) in [7, 11) is -4.94. The third-order valence-corrected chi connectivity index (χ3v) is 5.04. The number of hydrogen-bond donors (Lipinski definition) is 0. The Balaban J connectivity index is 0.000000575. The van der Waals surface area contributed by atoms with Crippen LogP contribution in [0.2, 0.25) is 0 Å². The van der Waals surface area contributed by atoms with Gasteiger partial charge in [-0.3, -0.25) is 9.69 Å². The Hall–Kier alpha value is -2.59. The highest BCUT2D eigenvalue weighted by Gasteiger charge is 2.15. The van der Waals surface area contributed by atoms with Gasteiger partial charge >= 0.3 is 0 Å². The average Bonchev–Trinajstić information content (AvgIpc) is 3.04. The van der Waals surface area contributed by atoms with E-state index in [9.17, 15) is 4.79 Å². The van der Waals surface area contributed by atoms with Gasteiger partial charge in [0.05, 0.1) is 0 Å².